The number of nitrogens with zero attached hydrogens (tertiary/aromatic N) is 6. The van der Waals surface area contributed by atoms with Crippen LogP contribution >= 0.6 is 0 Å². The van der Waals surface area contributed by atoms with Gasteiger partial charge in [0.15, 0.2) is 0 Å². The van der Waals surface area contributed by atoms with Crippen molar-refractivity contribution in [1.82, 2.24) is 29.2 Å². The van der Waals surface area contributed by atoms with Crippen LogP contribution in [0.1, 0.15) is 37.9 Å². The van der Waals surface area contributed by atoms with Crippen LogP contribution in [0.2, 0.25) is 0 Å². The van der Waals surface area contributed by atoms with E-state index in [0.717, 1.165) is 25.5 Å². The van der Waals surface area contributed by atoms with Crippen molar-refractivity contribution in [2.75, 3.05) is 6.54 Å². The maximum Gasteiger partial charge on any atom is 0.223 e. The fraction of sp³-hybridized carbons (Fsp3) is 0.647. The molecule has 1 saturated carbocycles. The molecule has 24 heavy (non-hydrogen) atoms. The van der Waals surface area contributed by atoms with Gasteiger partial charge >= 0.3 is 0 Å². The van der Waals surface area contributed by atoms with Gasteiger partial charge in [0.1, 0.15) is 18.5 Å². The molecule has 0 N–H and O–H groups in total. The van der Waals surface area contributed by atoms with E-state index < -0.39 is 0 Å². The molecule has 1 amide bonds. The third-order valence-corrected chi connectivity index (χ3v) is 5.27. The van der Waals surface area contributed by atoms with Crippen LogP contribution in [0.4, 0.5) is 0 Å². The second-order valence-electron chi connectivity index (χ2n) is 7.11. The Morgan fingerprint density at radius 1 is 1.21 bits per heavy atom. The molecule has 7 nitrogen and oxygen atoms in total. The van der Waals surface area contributed by atoms with Crippen molar-refractivity contribution in [3.05, 3.63) is 30.9 Å². The van der Waals surface area contributed by atoms with Gasteiger partial charge in [0.25, 0.3) is 0 Å². The maximum atomic E-state index is 12.8. The quantitative estimate of drug-likeness (QED) is 0.857. The van der Waals surface area contributed by atoms with E-state index in [4.69, 9.17) is 0 Å². The minimum absolute atomic E-state index is 0.280. The highest BCUT2D eigenvalue weighted by molar-refractivity contribution is 5.76. The Hall–Kier alpha value is -2.18. The lowest BCUT2D eigenvalue weighted by Crippen LogP contribution is -2.36. The molecule has 1 aliphatic heterocycles. The van der Waals surface area contributed by atoms with Crippen LogP contribution < -0.4 is 0 Å². The third kappa shape index (κ3) is 3.34. The van der Waals surface area contributed by atoms with Gasteiger partial charge in [-0.3, -0.25) is 9.48 Å². The number of aromatic nitrogens is 5. The normalized spacial score (nSPS) is 21.7. The van der Waals surface area contributed by atoms with Gasteiger partial charge in [-0.05, 0) is 18.8 Å². The molecule has 0 radical (unpaired) electrons. The summed E-state index contributed by atoms with van der Waals surface area (Å²) in [7, 11) is 0. The van der Waals surface area contributed by atoms with Crippen molar-refractivity contribution in [2.24, 2.45) is 11.8 Å². The first-order valence-electron chi connectivity index (χ1n) is 8.88. The van der Waals surface area contributed by atoms with Crippen molar-refractivity contribution < 1.29 is 4.79 Å². The number of hydrogen-bond acceptors (Lipinski definition) is 4. The molecule has 4 rings (SSSR count). The monoisotopic (exact) mass is 328 g/mol. The lowest BCUT2D eigenvalue weighted by molar-refractivity contribution is -0.133. The van der Waals surface area contributed by atoms with Gasteiger partial charge in [0.2, 0.25) is 5.91 Å². The number of rotatable bonds is 4. The van der Waals surface area contributed by atoms with Gasteiger partial charge in [-0.15, -0.1) is 0 Å². The van der Waals surface area contributed by atoms with E-state index in [9.17, 15) is 4.79 Å². The van der Waals surface area contributed by atoms with Crippen molar-refractivity contribution >= 4 is 5.91 Å². The Labute approximate surface area is 141 Å². The summed E-state index contributed by atoms with van der Waals surface area (Å²) in [5.74, 6) is 2.15. The molecular weight excluding hydrogens is 304 g/mol. The summed E-state index contributed by atoms with van der Waals surface area (Å²) >= 11 is 0. The van der Waals surface area contributed by atoms with Crippen molar-refractivity contribution in [3.63, 3.8) is 0 Å². The van der Waals surface area contributed by atoms with Gasteiger partial charge in [-0.25, -0.2) is 9.97 Å². The topological polar surface area (TPSA) is 68.8 Å². The molecule has 1 aliphatic carbocycles. The summed E-state index contributed by atoms with van der Waals surface area (Å²) in [5.41, 5.74) is 0. The zero-order valence-corrected chi connectivity index (χ0v) is 13.9. The number of fused-ring (bicyclic) bond motifs is 1. The molecule has 1 atom stereocenters. The molecule has 1 fully saturated rings. The van der Waals surface area contributed by atoms with Crippen LogP contribution in [0.3, 0.4) is 0 Å². The zero-order valence-electron chi connectivity index (χ0n) is 13.9. The number of carbonyl (C=O) groups is 1. The molecule has 2 aliphatic rings. The first-order valence-corrected chi connectivity index (χ1v) is 8.88. The Morgan fingerprint density at radius 3 is 2.88 bits per heavy atom. The molecule has 1 unspecified atom stereocenters. The predicted molar refractivity (Wildman–Crippen MR) is 87.7 cm³/mol. The summed E-state index contributed by atoms with van der Waals surface area (Å²) in [5, 5.41) is 4.21. The van der Waals surface area contributed by atoms with Crippen LogP contribution in [0, 0.1) is 11.8 Å². The smallest absolute Gasteiger partial charge is 0.223 e. The first kappa shape index (κ1) is 15.4. The minimum atomic E-state index is 0.280. The summed E-state index contributed by atoms with van der Waals surface area (Å²) in [6.07, 6.45) is 12.8. The standard InChI is InChI=1S/C17H24N6O/c24-17(7-14-3-1-2-4-14)22-9-15(10-23-13-18-12-20-23)8-21-6-5-19-16(21)11-22/h5-6,12-15H,1-4,7-11H2. The van der Waals surface area contributed by atoms with E-state index in [-0.39, 0.29) is 5.91 Å². The van der Waals surface area contributed by atoms with Crippen molar-refractivity contribution in [3.8, 4) is 0 Å². The fourth-order valence-corrected chi connectivity index (χ4v) is 4.03. The molecular formula is C17H24N6O. The summed E-state index contributed by atoms with van der Waals surface area (Å²) in [6.45, 7) is 3.01. The largest absolute Gasteiger partial charge is 0.335 e. The van der Waals surface area contributed by atoms with E-state index in [2.05, 4.69) is 19.6 Å². The van der Waals surface area contributed by atoms with Gasteiger partial charge in [-0.1, -0.05) is 12.8 Å². The van der Waals surface area contributed by atoms with Crippen LogP contribution in [-0.2, 0) is 24.4 Å². The molecule has 0 spiro atoms. The maximum absolute atomic E-state index is 12.8. The Kier molecular flexibility index (Phi) is 4.32. The first-order chi connectivity index (χ1) is 11.8. The van der Waals surface area contributed by atoms with E-state index in [0.29, 0.717) is 24.8 Å². The van der Waals surface area contributed by atoms with Crippen LogP contribution in [-0.4, -0.2) is 41.7 Å². The summed E-state index contributed by atoms with van der Waals surface area (Å²) in [4.78, 5) is 23.3. The fourth-order valence-electron chi connectivity index (χ4n) is 4.03. The average molecular weight is 328 g/mol. The SMILES string of the molecule is O=C(CC1CCCC1)N1Cc2nccn2CC(Cn2cncn2)C1. The van der Waals surface area contributed by atoms with Gasteiger partial charge in [0, 0.05) is 44.4 Å². The predicted octanol–water partition coefficient (Wildman–Crippen LogP) is 1.71. The Balaban J connectivity index is 1.49. The Bertz CT molecular complexity index is 673. The number of hydrogen-bond donors (Lipinski definition) is 0. The molecule has 0 aromatic carbocycles. The molecule has 2 aromatic heterocycles. The van der Waals surface area contributed by atoms with Crippen molar-refractivity contribution in [1.29, 1.82) is 0 Å². The van der Waals surface area contributed by atoms with E-state index >= 15 is 0 Å². The van der Waals surface area contributed by atoms with Gasteiger partial charge in [0.05, 0.1) is 6.54 Å². The summed E-state index contributed by atoms with van der Waals surface area (Å²) < 4.78 is 4.02. The van der Waals surface area contributed by atoms with Crippen LogP contribution in [0.5, 0.6) is 0 Å². The lowest BCUT2D eigenvalue weighted by Gasteiger charge is -2.25. The zero-order chi connectivity index (χ0) is 16.4. The summed E-state index contributed by atoms with van der Waals surface area (Å²) in [6, 6.07) is 0. The highest BCUT2D eigenvalue weighted by Gasteiger charge is 2.28. The second kappa shape index (κ2) is 6.75. The average Bonchev–Trinajstić information content (AvgIpc) is 3.30. The third-order valence-electron chi connectivity index (χ3n) is 5.27. The number of imidazole rings is 1. The number of carbonyl (C=O) groups excluding carboxylic acids is 1. The van der Waals surface area contributed by atoms with Crippen molar-refractivity contribution in [2.45, 2.75) is 51.7 Å². The van der Waals surface area contributed by atoms with Crippen LogP contribution in [0.25, 0.3) is 0 Å². The lowest BCUT2D eigenvalue weighted by atomic mass is 10.0. The highest BCUT2D eigenvalue weighted by Crippen LogP contribution is 2.29. The molecule has 0 saturated heterocycles. The van der Waals surface area contributed by atoms with Crippen LogP contribution in [0.15, 0.2) is 25.0 Å². The second-order valence-corrected chi connectivity index (χ2v) is 7.11. The molecule has 0 bridgehead atoms. The highest BCUT2D eigenvalue weighted by atomic mass is 16.2. The molecule has 128 valence electrons. The number of amides is 1. The molecule has 3 heterocycles. The minimum Gasteiger partial charge on any atom is -0.335 e. The molecule has 2 aromatic rings. The van der Waals surface area contributed by atoms with Gasteiger partial charge in [-0.2, -0.15) is 5.10 Å². The van der Waals surface area contributed by atoms with E-state index in [1.54, 1.807) is 12.7 Å². The van der Waals surface area contributed by atoms with E-state index in [1.807, 2.05) is 22.0 Å². The Morgan fingerprint density at radius 2 is 2.08 bits per heavy atom. The molecule has 7 heteroatoms. The van der Waals surface area contributed by atoms with Gasteiger partial charge < -0.3 is 9.47 Å². The van der Waals surface area contributed by atoms with E-state index in [1.165, 1.54) is 25.7 Å².